The fourth-order valence-electron chi connectivity index (χ4n) is 2.02. The van der Waals surface area contributed by atoms with Gasteiger partial charge in [0.2, 0.25) is 5.75 Å². The van der Waals surface area contributed by atoms with E-state index in [0.717, 1.165) is 24.2 Å². The molecule has 0 bridgehead atoms. The van der Waals surface area contributed by atoms with Crippen molar-refractivity contribution in [2.45, 2.75) is 20.4 Å². The molecule has 0 fully saturated rings. The van der Waals surface area contributed by atoms with Gasteiger partial charge in [0.25, 0.3) is 0 Å². The van der Waals surface area contributed by atoms with E-state index in [1.807, 2.05) is 25.1 Å². The van der Waals surface area contributed by atoms with Crippen LogP contribution in [0.5, 0.6) is 11.5 Å². The smallest absolute Gasteiger partial charge is 0.311 e. The van der Waals surface area contributed by atoms with Crippen molar-refractivity contribution in [3.63, 3.8) is 0 Å². The van der Waals surface area contributed by atoms with Gasteiger partial charge >= 0.3 is 5.69 Å². The van der Waals surface area contributed by atoms with Crippen LogP contribution in [0.3, 0.4) is 0 Å². The lowest BCUT2D eigenvalue weighted by atomic mass is 10.1. The van der Waals surface area contributed by atoms with Crippen LogP contribution in [0.15, 0.2) is 42.5 Å². The third-order valence-corrected chi connectivity index (χ3v) is 3.10. The van der Waals surface area contributed by atoms with Gasteiger partial charge in [-0.05, 0) is 36.7 Å². The van der Waals surface area contributed by atoms with E-state index in [1.165, 1.54) is 6.07 Å². The monoisotopic (exact) mass is 286 g/mol. The number of nitrogens with zero attached hydrogens (tertiary/aromatic N) is 1. The summed E-state index contributed by atoms with van der Waals surface area (Å²) in [5, 5.41) is 14.2. The average Bonchev–Trinajstić information content (AvgIpc) is 2.48. The van der Waals surface area contributed by atoms with Gasteiger partial charge in [-0.2, -0.15) is 0 Å². The maximum Gasteiger partial charge on any atom is 0.311 e. The minimum absolute atomic E-state index is 0.0337. The summed E-state index contributed by atoms with van der Waals surface area (Å²) >= 11 is 0. The highest BCUT2D eigenvalue weighted by Gasteiger charge is 2.15. The molecule has 0 saturated heterocycles. The van der Waals surface area contributed by atoms with E-state index in [4.69, 9.17) is 4.74 Å². The predicted molar refractivity (Wildman–Crippen MR) is 81.7 cm³/mol. The third-order valence-electron chi connectivity index (χ3n) is 3.10. The number of nitro groups is 1. The molecule has 0 aromatic heterocycles. The van der Waals surface area contributed by atoms with E-state index < -0.39 is 4.92 Å². The highest BCUT2D eigenvalue weighted by Crippen LogP contribution is 2.32. The normalized spacial score (nSPS) is 10.4. The second-order valence-electron chi connectivity index (χ2n) is 4.71. The Balaban J connectivity index is 2.22. The summed E-state index contributed by atoms with van der Waals surface area (Å²) in [5.41, 5.74) is 2.07. The van der Waals surface area contributed by atoms with Crippen LogP contribution < -0.4 is 10.1 Å². The number of hydrogen-bond donors (Lipinski definition) is 1. The number of nitro benzene ring substituents is 1. The van der Waals surface area contributed by atoms with Gasteiger partial charge in [0.05, 0.1) is 4.92 Å². The first kappa shape index (κ1) is 15.0. The van der Waals surface area contributed by atoms with Gasteiger partial charge in [-0.3, -0.25) is 10.1 Å². The van der Waals surface area contributed by atoms with Gasteiger partial charge in [0.1, 0.15) is 5.75 Å². The molecule has 0 amide bonds. The number of ether oxygens (including phenoxy) is 1. The van der Waals surface area contributed by atoms with E-state index in [9.17, 15) is 10.1 Å². The molecule has 21 heavy (non-hydrogen) atoms. The highest BCUT2D eigenvalue weighted by molar-refractivity contribution is 5.49. The third kappa shape index (κ3) is 3.79. The van der Waals surface area contributed by atoms with E-state index in [2.05, 4.69) is 12.2 Å². The molecular weight excluding hydrogens is 268 g/mol. The molecule has 2 aromatic rings. The number of nitrogens with one attached hydrogen (secondary N) is 1. The van der Waals surface area contributed by atoms with Gasteiger partial charge in [-0.1, -0.05) is 31.2 Å². The molecule has 1 N–H and O–H groups in total. The SMILES string of the molecule is CCNCc1ccc(Oc2ccccc2[N+](=O)[O-])c(C)c1. The van der Waals surface area contributed by atoms with Crippen molar-refractivity contribution in [1.29, 1.82) is 0 Å². The Morgan fingerprint density at radius 2 is 1.95 bits per heavy atom. The number of rotatable bonds is 6. The lowest BCUT2D eigenvalue weighted by Crippen LogP contribution is -2.11. The van der Waals surface area contributed by atoms with E-state index >= 15 is 0 Å². The molecule has 0 heterocycles. The molecule has 2 aromatic carbocycles. The first-order chi connectivity index (χ1) is 10.1. The molecule has 0 saturated carbocycles. The molecule has 0 atom stereocenters. The summed E-state index contributed by atoms with van der Waals surface area (Å²) in [6.07, 6.45) is 0. The number of benzene rings is 2. The van der Waals surface area contributed by atoms with E-state index in [1.54, 1.807) is 18.2 Å². The second-order valence-corrected chi connectivity index (χ2v) is 4.71. The first-order valence-electron chi connectivity index (χ1n) is 6.83. The molecule has 0 aliphatic heterocycles. The van der Waals surface area contributed by atoms with Crippen molar-refractivity contribution in [1.82, 2.24) is 5.32 Å². The van der Waals surface area contributed by atoms with Crippen LogP contribution in [-0.4, -0.2) is 11.5 Å². The zero-order chi connectivity index (χ0) is 15.2. The molecule has 0 aliphatic carbocycles. The summed E-state index contributed by atoms with van der Waals surface area (Å²) in [7, 11) is 0. The van der Waals surface area contributed by atoms with E-state index in [0.29, 0.717) is 5.75 Å². The highest BCUT2D eigenvalue weighted by atomic mass is 16.6. The van der Waals surface area contributed by atoms with Gasteiger partial charge < -0.3 is 10.1 Å². The quantitative estimate of drug-likeness (QED) is 0.648. The first-order valence-corrected chi connectivity index (χ1v) is 6.83. The van der Waals surface area contributed by atoms with Gasteiger partial charge in [-0.15, -0.1) is 0 Å². The molecule has 0 aliphatic rings. The molecular formula is C16H18N2O3. The van der Waals surface area contributed by atoms with Crippen LogP contribution in [0.1, 0.15) is 18.1 Å². The van der Waals surface area contributed by atoms with Crippen molar-refractivity contribution in [2.75, 3.05) is 6.54 Å². The van der Waals surface area contributed by atoms with Gasteiger partial charge in [-0.25, -0.2) is 0 Å². The predicted octanol–water partition coefficient (Wildman–Crippen LogP) is 3.81. The molecule has 110 valence electrons. The Kier molecular flexibility index (Phi) is 4.90. The lowest BCUT2D eigenvalue weighted by molar-refractivity contribution is -0.385. The Hall–Kier alpha value is -2.40. The lowest BCUT2D eigenvalue weighted by Gasteiger charge is -2.10. The molecule has 0 spiro atoms. The number of aryl methyl sites for hydroxylation is 1. The number of hydrogen-bond acceptors (Lipinski definition) is 4. The standard InChI is InChI=1S/C16H18N2O3/c1-3-17-11-13-8-9-15(12(2)10-13)21-16-7-5-4-6-14(16)18(19)20/h4-10,17H,3,11H2,1-2H3. The Bertz CT molecular complexity index is 641. The Morgan fingerprint density at radius 3 is 2.62 bits per heavy atom. The van der Waals surface area contributed by atoms with Crippen molar-refractivity contribution in [2.24, 2.45) is 0 Å². The van der Waals surface area contributed by atoms with Crippen LogP contribution in [0.4, 0.5) is 5.69 Å². The maximum atomic E-state index is 11.0. The molecule has 2 rings (SSSR count). The Labute approximate surface area is 123 Å². The average molecular weight is 286 g/mol. The topological polar surface area (TPSA) is 64.4 Å². The van der Waals surface area contributed by atoms with Crippen LogP contribution >= 0.6 is 0 Å². The zero-order valence-corrected chi connectivity index (χ0v) is 12.1. The minimum Gasteiger partial charge on any atom is -0.450 e. The summed E-state index contributed by atoms with van der Waals surface area (Å²) in [5.74, 6) is 0.884. The minimum atomic E-state index is -0.440. The van der Waals surface area contributed by atoms with Crippen LogP contribution in [0, 0.1) is 17.0 Å². The fourth-order valence-corrected chi connectivity index (χ4v) is 2.02. The van der Waals surface area contributed by atoms with E-state index in [-0.39, 0.29) is 11.4 Å². The second kappa shape index (κ2) is 6.85. The van der Waals surface area contributed by atoms with Crippen molar-refractivity contribution in [3.05, 3.63) is 63.7 Å². The summed E-state index contributed by atoms with van der Waals surface area (Å²) in [4.78, 5) is 10.5. The Morgan fingerprint density at radius 1 is 1.19 bits per heavy atom. The fraction of sp³-hybridized carbons (Fsp3) is 0.250. The summed E-state index contributed by atoms with van der Waals surface area (Å²) < 4.78 is 5.70. The van der Waals surface area contributed by atoms with Crippen molar-refractivity contribution >= 4 is 5.69 Å². The molecule has 5 heteroatoms. The van der Waals surface area contributed by atoms with Gasteiger partial charge in [0, 0.05) is 12.6 Å². The van der Waals surface area contributed by atoms with Gasteiger partial charge in [0.15, 0.2) is 0 Å². The summed E-state index contributed by atoms with van der Waals surface area (Å²) in [6.45, 7) is 5.69. The molecule has 5 nitrogen and oxygen atoms in total. The maximum absolute atomic E-state index is 11.0. The zero-order valence-electron chi connectivity index (χ0n) is 12.1. The van der Waals surface area contributed by atoms with Crippen molar-refractivity contribution < 1.29 is 9.66 Å². The number of para-hydroxylation sites is 2. The summed E-state index contributed by atoms with van der Waals surface area (Å²) in [6, 6.07) is 12.2. The molecule has 0 unspecified atom stereocenters. The molecule has 0 radical (unpaired) electrons. The van der Waals surface area contributed by atoms with Crippen LogP contribution in [0.2, 0.25) is 0 Å². The van der Waals surface area contributed by atoms with Crippen LogP contribution in [0.25, 0.3) is 0 Å². The van der Waals surface area contributed by atoms with Crippen LogP contribution in [-0.2, 0) is 6.54 Å². The largest absolute Gasteiger partial charge is 0.450 e. The van der Waals surface area contributed by atoms with Crippen molar-refractivity contribution in [3.8, 4) is 11.5 Å².